The minimum absolute atomic E-state index is 0.0239. The predicted octanol–water partition coefficient (Wildman–Crippen LogP) is 3.74. The molecule has 3 aromatic rings. The first-order valence-corrected chi connectivity index (χ1v) is 12.7. The average Bonchev–Trinajstić information content (AvgIpc) is 3.33. The summed E-state index contributed by atoms with van der Waals surface area (Å²) >= 11 is 7.39. The number of halogens is 1. The molecule has 1 N–H and O–H groups in total. The summed E-state index contributed by atoms with van der Waals surface area (Å²) in [7, 11) is 3.99. The zero-order valence-electron chi connectivity index (χ0n) is 19.4. The highest BCUT2D eigenvalue weighted by molar-refractivity contribution is 7.99. The summed E-state index contributed by atoms with van der Waals surface area (Å²) in [5.41, 5.74) is 1.52. The summed E-state index contributed by atoms with van der Waals surface area (Å²) in [5.74, 6) is 0.0378. The van der Waals surface area contributed by atoms with Gasteiger partial charge in [-0.05, 0) is 50.7 Å². The van der Waals surface area contributed by atoms with Crippen LogP contribution in [-0.4, -0.2) is 59.5 Å². The molecule has 1 aromatic heterocycles. The molecule has 0 aliphatic carbocycles. The zero-order valence-corrected chi connectivity index (χ0v) is 20.9. The number of aromatic nitrogens is 2. The van der Waals surface area contributed by atoms with Gasteiger partial charge in [-0.15, -0.1) is 0 Å². The Morgan fingerprint density at radius 3 is 2.79 bits per heavy atom. The molecule has 4 rings (SSSR count). The lowest BCUT2D eigenvalue weighted by atomic mass is 10.1. The van der Waals surface area contributed by atoms with E-state index in [-0.39, 0.29) is 29.4 Å². The van der Waals surface area contributed by atoms with E-state index in [1.165, 1.54) is 11.8 Å². The number of hydrogen-bond acceptors (Lipinski definition) is 6. The Hall–Kier alpha value is -2.39. The largest absolute Gasteiger partial charge is 0.376 e. The van der Waals surface area contributed by atoms with Gasteiger partial charge in [-0.3, -0.25) is 14.2 Å². The third kappa shape index (κ3) is 5.99. The number of thioether (sulfide) groups is 1. The van der Waals surface area contributed by atoms with Crippen molar-refractivity contribution in [3.63, 3.8) is 0 Å². The van der Waals surface area contributed by atoms with Crippen molar-refractivity contribution in [3.05, 3.63) is 69.5 Å². The van der Waals surface area contributed by atoms with Crippen LogP contribution in [0.4, 0.5) is 0 Å². The second kappa shape index (κ2) is 11.4. The van der Waals surface area contributed by atoms with Crippen molar-refractivity contribution in [3.8, 4) is 0 Å². The van der Waals surface area contributed by atoms with Crippen LogP contribution in [-0.2, 0) is 16.1 Å². The van der Waals surface area contributed by atoms with Crippen molar-refractivity contribution in [2.24, 2.45) is 0 Å². The first-order chi connectivity index (χ1) is 16.4. The molecule has 0 saturated carbocycles. The summed E-state index contributed by atoms with van der Waals surface area (Å²) in [6.07, 6.45) is 1.86. The first-order valence-electron chi connectivity index (χ1n) is 11.3. The summed E-state index contributed by atoms with van der Waals surface area (Å²) in [5, 5.41) is 4.54. The molecular weight excluding hydrogens is 472 g/mol. The topological polar surface area (TPSA) is 76.5 Å². The van der Waals surface area contributed by atoms with Crippen LogP contribution in [0.15, 0.2) is 58.5 Å². The Kier molecular flexibility index (Phi) is 8.26. The van der Waals surface area contributed by atoms with Crippen molar-refractivity contribution in [2.45, 2.75) is 36.7 Å². The van der Waals surface area contributed by atoms with E-state index >= 15 is 0 Å². The molecule has 2 unspecified atom stereocenters. The molecule has 2 heterocycles. The number of benzene rings is 2. The van der Waals surface area contributed by atoms with Gasteiger partial charge in [0.1, 0.15) is 0 Å². The Morgan fingerprint density at radius 2 is 2.09 bits per heavy atom. The second-order valence-corrected chi connectivity index (χ2v) is 9.97. The van der Waals surface area contributed by atoms with Gasteiger partial charge in [0, 0.05) is 18.2 Å². The lowest BCUT2D eigenvalue weighted by Crippen LogP contribution is -2.35. The maximum Gasteiger partial charge on any atom is 0.262 e. The number of nitrogens with one attached hydrogen (secondary N) is 1. The van der Waals surface area contributed by atoms with E-state index in [0.717, 1.165) is 18.4 Å². The highest BCUT2D eigenvalue weighted by Crippen LogP contribution is 2.23. The van der Waals surface area contributed by atoms with Gasteiger partial charge in [0.05, 0.1) is 35.3 Å². The molecule has 2 aromatic carbocycles. The number of carbonyl (C=O) groups excluding carboxylic acids is 1. The Labute approximate surface area is 208 Å². The lowest BCUT2D eigenvalue weighted by Gasteiger charge is -2.25. The van der Waals surface area contributed by atoms with Crippen LogP contribution >= 0.6 is 23.4 Å². The zero-order chi connectivity index (χ0) is 24.1. The fraction of sp³-hybridized carbons (Fsp3) is 0.400. The highest BCUT2D eigenvalue weighted by atomic mass is 35.5. The van der Waals surface area contributed by atoms with E-state index < -0.39 is 0 Å². The quantitative estimate of drug-likeness (QED) is 0.356. The standard InChI is InChI=1S/C25H29ClN4O3S/c1-29(2)22(17-7-4-3-5-8-17)14-27-23(31)16-34-25-28-21-13-18(26)10-11-20(21)24(32)30(25)15-19-9-6-12-33-19/h3-5,7-8,10-11,13,19,22H,6,9,12,14-16H2,1-2H3,(H,27,31). The van der Waals surface area contributed by atoms with E-state index in [9.17, 15) is 9.59 Å². The smallest absolute Gasteiger partial charge is 0.262 e. The van der Waals surface area contributed by atoms with Gasteiger partial charge in [0.25, 0.3) is 5.56 Å². The minimum atomic E-state index is -0.142. The third-order valence-corrected chi connectivity index (χ3v) is 7.14. The lowest BCUT2D eigenvalue weighted by molar-refractivity contribution is -0.118. The summed E-state index contributed by atoms with van der Waals surface area (Å²) in [4.78, 5) is 32.7. The van der Waals surface area contributed by atoms with Crippen LogP contribution < -0.4 is 10.9 Å². The van der Waals surface area contributed by atoms with E-state index in [4.69, 9.17) is 16.3 Å². The van der Waals surface area contributed by atoms with E-state index in [1.807, 2.05) is 32.3 Å². The second-order valence-electron chi connectivity index (χ2n) is 8.59. The van der Waals surface area contributed by atoms with Crippen LogP contribution in [0.2, 0.25) is 5.02 Å². The van der Waals surface area contributed by atoms with Crippen LogP contribution in [0.1, 0.15) is 24.4 Å². The van der Waals surface area contributed by atoms with Crippen LogP contribution in [0, 0.1) is 0 Å². The molecule has 1 saturated heterocycles. The molecule has 0 bridgehead atoms. The van der Waals surface area contributed by atoms with Crippen molar-refractivity contribution < 1.29 is 9.53 Å². The molecule has 1 amide bonds. The summed E-state index contributed by atoms with van der Waals surface area (Å²) in [6, 6.07) is 15.2. The van der Waals surface area contributed by atoms with Crippen molar-refractivity contribution in [1.82, 2.24) is 19.8 Å². The van der Waals surface area contributed by atoms with Crippen molar-refractivity contribution in [1.29, 1.82) is 0 Å². The number of ether oxygens (including phenoxy) is 1. The van der Waals surface area contributed by atoms with E-state index in [0.29, 0.717) is 40.8 Å². The molecule has 1 aliphatic heterocycles. The molecule has 0 spiro atoms. The van der Waals surface area contributed by atoms with Crippen LogP contribution in [0.3, 0.4) is 0 Å². The number of hydrogen-bond donors (Lipinski definition) is 1. The molecular formula is C25H29ClN4O3S. The SMILES string of the molecule is CN(C)C(CNC(=O)CSc1nc2cc(Cl)ccc2c(=O)n1CC1CCCO1)c1ccccc1. The Bertz CT molecular complexity index is 1200. The number of fused-ring (bicyclic) bond motifs is 1. The van der Waals surface area contributed by atoms with Gasteiger partial charge in [0.15, 0.2) is 5.16 Å². The Morgan fingerprint density at radius 1 is 1.29 bits per heavy atom. The van der Waals surface area contributed by atoms with Gasteiger partial charge in [-0.2, -0.15) is 0 Å². The number of nitrogens with zero attached hydrogens (tertiary/aromatic N) is 3. The summed E-state index contributed by atoms with van der Waals surface area (Å²) < 4.78 is 7.39. The van der Waals surface area contributed by atoms with Crippen LogP contribution in [0.5, 0.6) is 0 Å². The minimum Gasteiger partial charge on any atom is -0.376 e. The normalized spacial score (nSPS) is 16.8. The molecule has 7 nitrogen and oxygen atoms in total. The number of likely N-dealkylation sites (N-methyl/N-ethyl adjacent to an activating group) is 1. The predicted molar refractivity (Wildman–Crippen MR) is 137 cm³/mol. The van der Waals surface area contributed by atoms with Gasteiger partial charge >= 0.3 is 0 Å². The number of carbonyl (C=O) groups is 1. The van der Waals surface area contributed by atoms with Crippen molar-refractivity contribution >= 4 is 40.2 Å². The fourth-order valence-electron chi connectivity index (χ4n) is 4.10. The van der Waals surface area contributed by atoms with E-state index in [1.54, 1.807) is 22.8 Å². The fourth-order valence-corrected chi connectivity index (χ4v) is 5.11. The van der Waals surface area contributed by atoms with Gasteiger partial charge < -0.3 is 15.0 Å². The molecule has 1 fully saturated rings. The molecule has 180 valence electrons. The maximum absolute atomic E-state index is 13.2. The van der Waals surface area contributed by atoms with Gasteiger partial charge in [0.2, 0.25) is 5.91 Å². The monoisotopic (exact) mass is 500 g/mol. The van der Waals surface area contributed by atoms with Crippen LogP contribution in [0.25, 0.3) is 10.9 Å². The molecule has 2 atom stereocenters. The summed E-state index contributed by atoms with van der Waals surface area (Å²) in [6.45, 7) is 1.61. The van der Waals surface area contributed by atoms with E-state index in [2.05, 4.69) is 27.3 Å². The highest BCUT2D eigenvalue weighted by Gasteiger charge is 2.21. The van der Waals surface area contributed by atoms with Crippen molar-refractivity contribution in [2.75, 3.05) is 33.0 Å². The third-order valence-electron chi connectivity index (χ3n) is 5.93. The Balaban J connectivity index is 1.49. The molecule has 0 radical (unpaired) electrons. The van der Waals surface area contributed by atoms with Gasteiger partial charge in [-0.1, -0.05) is 53.7 Å². The molecule has 1 aliphatic rings. The number of amides is 1. The molecule has 34 heavy (non-hydrogen) atoms. The number of rotatable bonds is 9. The molecule has 9 heteroatoms. The van der Waals surface area contributed by atoms with Gasteiger partial charge in [-0.25, -0.2) is 4.98 Å². The first kappa shape index (κ1) is 24.7. The maximum atomic E-state index is 13.2. The average molecular weight is 501 g/mol.